The first-order chi connectivity index (χ1) is 8.58. The van der Waals surface area contributed by atoms with E-state index in [4.69, 9.17) is 5.11 Å². The molecule has 0 spiro atoms. The third-order valence-electron chi connectivity index (χ3n) is 2.83. The van der Waals surface area contributed by atoms with E-state index in [1.807, 2.05) is 32.0 Å². The fourth-order valence-corrected chi connectivity index (χ4v) is 1.64. The number of rotatable bonds is 4. The molecule has 1 N–H and O–H groups in total. The van der Waals surface area contributed by atoms with E-state index in [1.54, 1.807) is 4.68 Å². The van der Waals surface area contributed by atoms with Gasteiger partial charge in [0.2, 0.25) is 0 Å². The van der Waals surface area contributed by atoms with E-state index in [1.165, 1.54) is 5.56 Å². The Morgan fingerprint density at radius 3 is 2.78 bits per heavy atom. The van der Waals surface area contributed by atoms with Gasteiger partial charge in [-0.05, 0) is 47.5 Å². The van der Waals surface area contributed by atoms with Gasteiger partial charge in [-0.25, -0.2) is 0 Å². The molecule has 1 heterocycles. The predicted octanol–water partition coefficient (Wildman–Crippen LogP) is 1.30. The summed E-state index contributed by atoms with van der Waals surface area (Å²) < 4.78 is 1.58. The van der Waals surface area contributed by atoms with Gasteiger partial charge in [-0.15, -0.1) is 5.10 Å². The number of aliphatic carboxylic acids is 1. The normalized spacial score (nSPS) is 10.6. The molecule has 0 unspecified atom stereocenters. The zero-order valence-electron chi connectivity index (χ0n) is 10.3. The van der Waals surface area contributed by atoms with Crippen molar-refractivity contribution in [3.8, 4) is 5.69 Å². The fourth-order valence-electron chi connectivity index (χ4n) is 1.64. The van der Waals surface area contributed by atoms with Crippen LogP contribution >= 0.6 is 0 Å². The number of hydrogen-bond donors (Lipinski definition) is 1. The molecule has 2 aromatic rings. The molecule has 0 aliphatic carbocycles. The summed E-state index contributed by atoms with van der Waals surface area (Å²) in [6, 6.07) is 5.90. The molecule has 0 saturated heterocycles. The van der Waals surface area contributed by atoms with Crippen molar-refractivity contribution in [2.24, 2.45) is 0 Å². The number of tetrazole rings is 1. The van der Waals surface area contributed by atoms with Crippen LogP contribution in [0.4, 0.5) is 0 Å². The van der Waals surface area contributed by atoms with Crippen molar-refractivity contribution < 1.29 is 9.90 Å². The Morgan fingerprint density at radius 1 is 1.33 bits per heavy atom. The van der Waals surface area contributed by atoms with Crippen LogP contribution in [-0.2, 0) is 11.2 Å². The van der Waals surface area contributed by atoms with Crippen molar-refractivity contribution in [1.29, 1.82) is 0 Å². The Bertz CT molecular complexity index is 577. The highest BCUT2D eigenvalue weighted by molar-refractivity contribution is 5.66. The molecule has 0 aliphatic rings. The molecular weight excluding hydrogens is 232 g/mol. The molecule has 0 fully saturated rings. The van der Waals surface area contributed by atoms with Crippen molar-refractivity contribution >= 4 is 5.97 Å². The van der Waals surface area contributed by atoms with Gasteiger partial charge in [-0.1, -0.05) is 6.07 Å². The van der Waals surface area contributed by atoms with Crippen LogP contribution in [0.5, 0.6) is 0 Å². The second kappa shape index (κ2) is 4.95. The van der Waals surface area contributed by atoms with E-state index < -0.39 is 5.97 Å². The van der Waals surface area contributed by atoms with Gasteiger partial charge in [0.15, 0.2) is 5.82 Å². The van der Waals surface area contributed by atoms with Crippen molar-refractivity contribution in [3.05, 3.63) is 35.2 Å². The standard InChI is InChI=1S/C12H14N4O2/c1-8-3-4-10(7-9(8)2)16-11(13-14-15-16)5-6-12(17)18/h3-4,7H,5-6H2,1-2H3,(H,17,18). The first-order valence-electron chi connectivity index (χ1n) is 5.64. The highest BCUT2D eigenvalue weighted by atomic mass is 16.4. The summed E-state index contributed by atoms with van der Waals surface area (Å²) in [6.07, 6.45) is 0.334. The highest BCUT2D eigenvalue weighted by Crippen LogP contribution is 2.14. The molecule has 18 heavy (non-hydrogen) atoms. The van der Waals surface area contributed by atoms with Gasteiger partial charge in [0.25, 0.3) is 0 Å². The largest absolute Gasteiger partial charge is 0.481 e. The lowest BCUT2D eigenvalue weighted by molar-refractivity contribution is -0.137. The van der Waals surface area contributed by atoms with Crippen molar-refractivity contribution in [3.63, 3.8) is 0 Å². The maximum atomic E-state index is 10.6. The summed E-state index contributed by atoms with van der Waals surface area (Å²) in [6.45, 7) is 4.05. The van der Waals surface area contributed by atoms with Crippen LogP contribution in [0.2, 0.25) is 0 Å². The summed E-state index contributed by atoms with van der Waals surface area (Å²) in [5, 5.41) is 20.0. The van der Waals surface area contributed by atoms with Gasteiger partial charge in [0, 0.05) is 6.42 Å². The van der Waals surface area contributed by atoms with Crippen LogP contribution in [0.3, 0.4) is 0 Å². The second-order valence-corrected chi connectivity index (χ2v) is 4.17. The van der Waals surface area contributed by atoms with Gasteiger partial charge in [0.1, 0.15) is 0 Å². The number of carbonyl (C=O) groups is 1. The molecule has 0 radical (unpaired) electrons. The highest BCUT2D eigenvalue weighted by Gasteiger charge is 2.10. The third kappa shape index (κ3) is 2.53. The molecule has 0 bridgehead atoms. The number of nitrogens with zero attached hydrogens (tertiary/aromatic N) is 4. The minimum Gasteiger partial charge on any atom is -0.481 e. The zero-order chi connectivity index (χ0) is 13.1. The summed E-state index contributed by atoms with van der Waals surface area (Å²) in [7, 11) is 0. The van der Waals surface area contributed by atoms with Gasteiger partial charge in [-0.2, -0.15) is 4.68 Å². The number of hydrogen-bond acceptors (Lipinski definition) is 4. The average molecular weight is 246 g/mol. The van der Waals surface area contributed by atoms with Crippen LogP contribution in [0.1, 0.15) is 23.4 Å². The lowest BCUT2D eigenvalue weighted by Crippen LogP contribution is -2.06. The molecule has 0 amide bonds. The maximum Gasteiger partial charge on any atom is 0.303 e. The minimum absolute atomic E-state index is 0.0191. The van der Waals surface area contributed by atoms with Crippen LogP contribution in [0, 0.1) is 13.8 Å². The van der Waals surface area contributed by atoms with E-state index >= 15 is 0 Å². The summed E-state index contributed by atoms with van der Waals surface area (Å²) in [4.78, 5) is 10.6. The molecule has 94 valence electrons. The van der Waals surface area contributed by atoms with E-state index in [-0.39, 0.29) is 6.42 Å². The van der Waals surface area contributed by atoms with E-state index in [9.17, 15) is 4.79 Å². The SMILES string of the molecule is Cc1ccc(-n2nnnc2CCC(=O)O)cc1C. The summed E-state index contributed by atoms with van der Waals surface area (Å²) in [5.74, 6) is -0.301. The molecule has 0 saturated carbocycles. The molecule has 0 atom stereocenters. The van der Waals surface area contributed by atoms with Crippen molar-refractivity contribution in [2.45, 2.75) is 26.7 Å². The van der Waals surface area contributed by atoms with E-state index in [0.717, 1.165) is 11.3 Å². The Morgan fingerprint density at radius 2 is 2.11 bits per heavy atom. The Kier molecular flexibility index (Phi) is 3.36. The smallest absolute Gasteiger partial charge is 0.303 e. The first-order valence-corrected chi connectivity index (χ1v) is 5.64. The zero-order valence-corrected chi connectivity index (χ0v) is 10.3. The van der Waals surface area contributed by atoms with Gasteiger partial charge in [0.05, 0.1) is 12.1 Å². The average Bonchev–Trinajstić information content (AvgIpc) is 2.78. The second-order valence-electron chi connectivity index (χ2n) is 4.17. The van der Waals surface area contributed by atoms with Gasteiger partial charge < -0.3 is 5.11 Å². The predicted molar refractivity (Wildman–Crippen MR) is 64.6 cm³/mol. The Labute approximate surface area is 104 Å². The van der Waals surface area contributed by atoms with Gasteiger partial charge >= 0.3 is 5.97 Å². The van der Waals surface area contributed by atoms with Gasteiger partial charge in [-0.3, -0.25) is 4.79 Å². The molecule has 1 aromatic carbocycles. The Balaban J connectivity index is 2.30. The van der Waals surface area contributed by atoms with Crippen LogP contribution < -0.4 is 0 Å². The minimum atomic E-state index is -0.857. The van der Waals surface area contributed by atoms with Crippen molar-refractivity contribution in [1.82, 2.24) is 20.2 Å². The number of benzene rings is 1. The molecule has 2 rings (SSSR count). The molecule has 6 nitrogen and oxygen atoms in total. The monoisotopic (exact) mass is 246 g/mol. The molecule has 6 heteroatoms. The van der Waals surface area contributed by atoms with Crippen LogP contribution in [-0.4, -0.2) is 31.3 Å². The number of aromatic nitrogens is 4. The fraction of sp³-hybridized carbons (Fsp3) is 0.333. The number of carboxylic acid groups (broad SMARTS) is 1. The lowest BCUT2D eigenvalue weighted by atomic mass is 10.1. The van der Waals surface area contributed by atoms with E-state index in [0.29, 0.717) is 12.2 Å². The summed E-state index contributed by atoms with van der Waals surface area (Å²) >= 11 is 0. The van der Waals surface area contributed by atoms with E-state index in [2.05, 4.69) is 15.5 Å². The third-order valence-corrected chi connectivity index (χ3v) is 2.83. The maximum absolute atomic E-state index is 10.6. The quantitative estimate of drug-likeness (QED) is 0.879. The lowest BCUT2D eigenvalue weighted by Gasteiger charge is -2.06. The molecular formula is C12H14N4O2. The van der Waals surface area contributed by atoms with Crippen LogP contribution in [0.15, 0.2) is 18.2 Å². The Hall–Kier alpha value is -2.24. The molecule has 0 aliphatic heterocycles. The summed E-state index contributed by atoms with van der Waals surface area (Å²) in [5.41, 5.74) is 3.19. The molecule has 1 aromatic heterocycles. The number of aryl methyl sites for hydroxylation is 3. The van der Waals surface area contributed by atoms with Crippen LogP contribution in [0.25, 0.3) is 5.69 Å². The number of carboxylic acids is 1. The topological polar surface area (TPSA) is 80.9 Å². The first kappa shape index (κ1) is 12.2. The van der Waals surface area contributed by atoms with Crippen molar-refractivity contribution in [2.75, 3.05) is 0 Å².